The second-order valence-corrected chi connectivity index (χ2v) is 7.28. The maximum absolute atomic E-state index is 5.83. The van der Waals surface area contributed by atoms with Gasteiger partial charge in [-0.15, -0.1) is 0 Å². The molecule has 0 bridgehead atoms. The lowest BCUT2D eigenvalue weighted by Gasteiger charge is -2.18. The van der Waals surface area contributed by atoms with Crippen LogP contribution in [0.1, 0.15) is 23.6 Å². The van der Waals surface area contributed by atoms with Crippen molar-refractivity contribution in [1.29, 1.82) is 0 Å². The number of nitrogens with one attached hydrogen (secondary N) is 2. The van der Waals surface area contributed by atoms with E-state index >= 15 is 0 Å². The van der Waals surface area contributed by atoms with Gasteiger partial charge in [0.05, 0.1) is 6.04 Å². The van der Waals surface area contributed by atoms with E-state index < -0.39 is 0 Å². The summed E-state index contributed by atoms with van der Waals surface area (Å²) in [6.07, 6.45) is 0. The van der Waals surface area contributed by atoms with Crippen LogP contribution in [0.5, 0.6) is 5.75 Å². The summed E-state index contributed by atoms with van der Waals surface area (Å²) < 4.78 is 6.92. The molecule has 2 rings (SSSR count). The van der Waals surface area contributed by atoms with Crippen LogP contribution in [0.2, 0.25) is 0 Å². The Morgan fingerprint density at radius 1 is 1.08 bits per heavy atom. The first-order valence-electron chi connectivity index (χ1n) is 7.89. The molecule has 0 radical (unpaired) electrons. The van der Waals surface area contributed by atoms with E-state index in [2.05, 4.69) is 52.5 Å². The van der Waals surface area contributed by atoms with Crippen molar-refractivity contribution >= 4 is 38.9 Å². The van der Waals surface area contributed by atoms with Crippen molar-refractivity contribution in [2.24, 2.45) is 0 Å². The van der Waals surface area contributed by atoms with E-state index in [9.17, 15) is 0 Å². The first-order chi connectivity index (χ1) is 11.3. The van der Waals surface area contributed by atoms with E-state index in [0.717, 1.165) is 21.5 Å². The number of aryl methyl sites for hydroxylation is 3. The standard InChI is InChI=1S/C19H23BrN2OS/c1-12-5-7-17(10-13(12)2)23-11-15(4)21-19(24)22-16-6-8-18(20)14(3)9-16/h5-10,15H,11H2,1-4H3,(H2,21,22,24)/t15-/m1/s1. The lowest BCUT2D eigenvalue weighted by Crippen LogP contribution is -2.39. The Bertz CT molecular complexity index is 733. The van der Waals surface area contributed by atoms with Crippen LogP contribution in [0.3, 0.4) is 0 Å². The monoisotopic (exact) mass is 406 g/mol. The fraction of sp³-hybridized carbons (Fsp3) is 0.316. The highest BCUT2D eigenvalue weighted by molar-refractivity contribution is 9.10. The van der Waals surface area contributed by atoms with Gasteiger partial charge >= 0.3 is 0 Å². The molecule has 0 aliphatic carbocycles. The molecule has 0 aliphatic heterocycles. The second-order valence-electron chi connectivity index (χ2n) is 6.02. The normalized spacial score (nSPS) is 11.7. The average Bonchev–Trinajstić information content (AvgIpc) is 2.52. The minimum Gasteiger partial charge on any atom is -0.491 e. The lowest BCUT2D eigenvalue weighted by atomic mass is 10.1. The third-order valence-corrected chi connectivity index (χ3v) is 4.88. The molecule has 1 atom stereocenters. The van der Waals surface area contributed by atoms with Crippen LogP contribution in [0.4, 0.5) is 5.69 Å². The summed E-state index contributed by atoms with van der Waals surface area (Å²) >= 11 is 8.86. The minimum absolute atomic E-state index is 0.100. The predicted molar refractivity (Wildman–Crippen MR) is 109 cm³/mol. The van der Waals surface area contributed by atoms with Crippen LogP contribution < -0.4 is 15.4 Å². The number of hydrogen-bond acceptors (Lipinski definition) is 2. The molecule has 0 aliphatic rings. The van der Waals surface area contributed by atoms with Gasteiger partial charge in [0, 0.05) is 10.2 Å². The number of thiocarbonyl (C=S) groups is 1. The van der Waals surface area contributed by atoms with Crippen LogP contribution in [0.25, 0.3) is 0 Å². The zero-order chi connectivity index (χ0) is 17.7. The highest BCUT2D eigenvalue weighted by Crippen LogP contribution is 2.20. The quantitative estimate of drug-likeness (QED) is 0.674. The van der Waals surface area contributed by atoms with Crippen molar-refractivity contribution < 1.29 is 4.74 Å². The van der Waals surface area contributed by atoms with Crippen LogP contribution in [0.15, 0.2) is 40.9 Å². The SMILES string of the molecule is Cc1ccc(OC[C@@H](C)NC(=S)Nc2ccc(Br)c(C)c2)cc1C. The topological polar surface area (TPSA) is 33.3 Å². The van der Waals surface area contributed by atoms with Gasteiger partial charge in [0.15, 0.2) is 5.11 Å². The number of hydrogen-bond donors (Lipinski definition) is 2. The van der Waals surface area contributed by atoms with Gasteiger partial charge in [-0.2, -0.15) is 0 Å². The van der Waals surface area contributed by atoms with E-state index in [-0.39, 0.29) is 6.04 Å². The fourth-order valence-corrected chi connectivity index (χ4v) is 2.75. The highest BCUT2D eigenvalue weighted by Gasteiger charge is 2.07. The summed E-state index contributed by atoms with van der Waals surface area (Å²) in [5, 5.41) is 7.03. The Balaban J connectivity index is 1.82. The van der Waals surface area contributed by atoms with Crippen molar-refractivity contribution in [2.45, 2.75) is 33.7 Å². The number of rotatable bonds is 5. The first kappa shape index (κ1) is 18.7. The van der Waals surface area contributed by atoms with Gasteiger partial charge in [-0.1, -0.05) is 22.0 Å². The van der Waals surface area contributed by atoms with Crippen molar-refractivity contribution in [3.63, 3.8) is 0 Å². The van der Waals surface area contributed by atoms with Crippen molar-refractivity contribution in [1.82, 2.24) is 5.32 Å². The molecule has 2 aromatic carbocycles. The number of halogens is 1. The maximum atomic E-state index is 5.83. The van der Waals surface area contributed by atoms with Crippen LogP contribution in [0, 0.1) is 20.8 Å². The molecule has 2 aromatic rings. The number of benzene rings is 2. The molecule has 24 heavy (non-hydrogen) atoms. The molecule has 0 spiro atoms. The third kappa shape index (κ3) is 5.49. The van der Waals surface area contributed by atoms with Crippen molar-refractivity contribution in [3.05, 3.63) is 57.6 Å². The van der Waals surface area contributed by atoms with E-state index in [4.69, 9.17) is 17.0 Å². The van der Waals surface area contributed by atoms with Crippen LogP contribution >= 0.6 is 28.1 Å². The van der Waals surface area contributed by atoms with Crippen molar-refractivity contribution in [2.75, 3.05) is 11.9 Å². The second kappa shape index (κ2) is 8.49. The van der Waals surface area contributed by atoms with Crippen molar-refractivity contribution in [3.8, 4) is 5.75 Å². The summed E-state index contributed by atoms with van der Waals surface area (Å²) in [7, 11) is 0. The lowest BCUT2D eigenvalue weighted by molar-refractivity contribution is 0.287. The molecule has 2 N–H and O–H groups in total. The Labute approximate surface area is 157 Å². The Morgan fingerprint density at radius 2 is 1.83 bits per heavy atom. The van der Waals surface area contributed by atoms with Gasteiger partial charge in [-0.05, 0) is 86.9 Å². The summed E-state index contributed by atoms with van der Waals surface area (Å²) in [5.74, 6) is 0.883. The zero-order valence-corrected chi connectivity index (χ0v) is 16.8. The molecule has 0 aromatic heterocycles. The van der Waals surface area contributed by atoms with Gasteiger partial charge in [-0.3, -0.25) is 0 Å². The summed E-state index contributed by atoms with van der Waals surface area (Å²) in [6, 6.07) is 12.3. The van der Waals surface area contributed by atoms with Gasteiger partial charge in [0.1, 0.15) is 12.4 Å². The van der Waals surface area contributed by atoms with Crippen LogP contribution in [-0.4, -0.2) is 17.8 Å². The Kier molecular flexibility index (Phi) is 6.63. The third-order valence-electron chi connectivity index (χ3n) is 3.77. The molecule has 0 saturated carbocycles. The summed E-state index contributed by atoms with van der Waals surface area (Å²) in [6.45, 7) is 8.82. The van der Waals surface area contributed by atoms with Gasteiger partial charge in [-0.25, -0.2) is 0 Å². The van der Waals surface area contributed by atoms with Gasteiger partial charge < -0.3 is 15.4 Å². The smallest absolute Gasteiger partial charge is 0.171 e. The van der Waals surface area contributed by atoms with Gasteiger partial charge in [0.2, 0.25) is 0 Å². The van der Waals surface area contributed by atoms with Crippen LogP contribution in [-0.2, 0) is 0 Å². The highest BCUT2D eigenvalue weighted by atomic mass is 79.9. The predicted octanol–water partition coefficient (Wildman–Crippen LogP) is 5.13. The molecule has 0 unspecified atom stereocenters. The summed E-state index contributed by atoms with van der Waals surface area (Å²) in [4.78, 5) is 0. The Hall–Kier alpha value is -1.59. The molecule has 128 valence electrons. The molecule has 3 nitrogen and oxygen atoms in total. The first-order valence-corrected chi connectivity index (χ1v) is 9.09. The molecular formula is C19H23BrN2OS. The molecule has 0 saturated heterocycles. The number of anilines is 1. The fourth-order valence-electron chi connectivity index (χ4n) is 2.18. The molecule has 0 fully saturated rings. The van der Waals surface area contributed by atoms with Gasteiger partial charge in [0.25, 0.3) is 0 Å². The molecule has 0 heterocycles. The van der Waals surface area contributed by atoms with E-state index in [1.54, 1.807) is 0 Å². The number of ether oxygens (including phenoxy) is 1. The minimum atomic E-state index is 0.100. The molecular weight excluding hydrogens is 384 g/mol. The van der Waals surface area contributed by atoms with E-state index in [1.807, 2.05) is 38.1 Å². The van der Waals surface area contributed by atoms with E-state index in [1.165, 1.54) is 11.1 Å². The Morgan fingerprint density at radius 3 is 2.50 bits per heavy atom. The molecule has 0 amide bonds. The maximum Gasteiger partial charge on any atom is 0.171 e. The summed E-state index contributed by atoms with van der Waals surface area (Å²) in [5.41, 5.74) is 4.63. The molecule has 5 heteroatoms. The largest absolute Gasteiger partial charge is 0.491 e. The van der Waals surface area contributed by atoms with E-state index in [0.29, 0.717) is 11.7 Å². The zero-order valence-electron chi connectivity index (χ0n) is 14.4. The average molecular weight is 407 g/mol.